The van der Waals surface area contributed by atoms with Crippen LogP contribution in [0.15, 0.2) is 35.7 Å². The molecule has 4 rings (SSSR count). The summed E-state index contributed by atoms with van der Waals surface area (Å²) in [6.45, 7) is 5.84. The molecule has 0 radical (unpaired) electrons. The van der Waals surface area contributed by atoms with Gasteiger partial charge in [-0.1, -0.05) is 30.3 Å². The lowest BCUT2D eigenvalue weighted by atomic mass is 9.93. The zero-order valence-electron chi connectivity index (χ0n) is 16.1. The molecule has 0 saturated carbocycles. The third-order valence-corrected chi connectivity index (χ3v) is 6.88. The molecule has 27 heavy (non-hydrogen) atoms. The number of nitrogens with zero attached hydrogens (tertiary/aromatic N) is 3. The zero-order chi connectivity index (χ0) is 18.6. The first-order valence-electron chi connectivity index (χ1n) is 10.2. The summed E-state index contributed by atoms with van der Waals surface area (Å²) >= 11 is 1.71. The Morgan fingerprint density at radius 3 is 2.78 bits per heavy atom. The molecule has 0 N–H and O–H groups in total. The number of rotatable bonds is 4. The molecule has 1 aromatic carbocycles. The highest BCUT2D eigenvalue weighted by atomic mass is 32.1. The van der Waals surface area contributed by atoms with Crippen LogP contribution in [-0.4, -0.2) is 40.3 Å². The van der Waals surface area contributed by atoms with Crippen molar-refractivity contribution in [3.8, 4) is 0 Å². The van der Waals surface area contributed by atoms with Gasteiger partial charge in [0.25, 0.3) is 0 Å². The van der Waals surface area contributed by atoms with E-state index in [-0.39, 0.29) is 12.0 Å². The lowest BCUT2D eigenvalue weighted by Gasteiger charge is -2.39. The molecule has 0 bridgehead atoms. The van der Waals surface area contributed by atoms with Crippen LogP contribution in [0.5, 0.6) is 0 Å². The van der Waals surface area contributed by atoms with E-state index in [2.05, 4.69) is 45.5 Å². The largest absolute Gasteiger partial charge is 0.333 e. The molecule has 2 aromatic rings. The lowest BCUT2D eigenvalue weighted by Crippen LogP contribution is -2.47. The zero-order valence-corrected chi connectivity index (χ0v) is 17.0. The van der Waals surface area contributed by atoms with E-state index in [1.54, 1.807) is 11.3 Å². The Bertz CT molecular complexity index is 760. The van der Waals surface area contributed by atoms with Crippen molar-refractivity contribution in [2.75, 3.05) is 19.6 Å². The number of aryl methyl sites for hydroxylation is 1. The van der Waals surface area contributed by atoms with Crippen LogP contribution in [0.25, 0.3) is 0 Å². The first-order valence-corrected chi connectivity index (χ1v) is 11.1. The van der Waals surface area contributed by atoms with Crippen LogP contribution in [0.1, 0.15) is 54.4 Å². The lowest BCUT2D eigenvalue weighted by molar-refractivity contribution is -0.141. The molecule has 0 unspecified atom stereocenters. The van der Waals surface area contributed by atoms with Crippen LogP contribution in [-0.2, 0) is 11.3 Å². The van der Waals surface area contributed by atoms with Gasteiger partial charge in [0.05, 0.1) is 12.0 Å². The fraction of sp³-hybridized carbons (Fsp3) is 0.545. The van der Waals surface area contributed by atoms with Crippen LogP contribution < -0.4 is 0 Å². The average Bonchev–Trinajstić information content (AvgIpc) is 3.15. The Labute approximate surface area is 166 Å². The fourth-order valence-electron chi connectivity index (χ4n) is 4.45. The van der Waals surface area contributed by atoms with E-state index in [1.165, 1.54) is 12.0 Å². The van der Waals surface area contributed by atoms with Crippen molar-refractivity contribution in [1.82, 2.24) is 14.8 Å². The minimum Gasteiger partial charge on any atom is -0.333 e. The van der Waals surface area contributed by atoms with Gasteiger partial charge in [-0.15, -0.1) is 11.3 Å². The Hall–Kier alpha value is -1.72. The van der Waals surface area contributed by atoms with Crippen molar-refractivity contribution < 1.29 is 4.79 Å². The summed E-state index contributed by atoms with van der Waals surface area (Å²) < 4.78 is 0. The number of benzene rings is 1. The van der Waals surface area contributed by atoms with E-state index in [0.29, 0.717) is 5.91 Å². The second-order valence-corrected chi connectivity index (χ2v) is 8.82. The van der Waals surface area contributed by atoms with Gasteiger partial charge in [0.2, 0.25) is 5.91 Å². The molecule has 0 spiro atoms. The standard InChI is InChI=1S/C22H29N3OS/c1-17-16-27-21(23-17)20-11-5-6-13-25(20)22(26)19-10-7-12-24(15-19)14-18-8-3-2-4-9-18/h2-4,8-9,16,19-20H,5-7,10-15H2,1H3/t19-,20+/m0/s1. The maximum absolute atomic E-state index is 13.4. The van der Waals surface area contributed by atoms with Gasteiger partial charge in [0, 0.05) is 30.7 Å². The van der Waals surface area contributed by atoms with Crippen LogP contribution in [0.3, 0.4) is 0 Å². The summed E-state index contributed by atoms with van der Waals surface area (Å²) in [5, 5.41) is 3.23. The van der Waals surface area contributed by atoms with Gasteiger partial charge in [-0.2, -0.15) is 0 Å². The normalized spacial score (nSPS) is 24.1. The molecule has 2 saturated heterocycles. The Morgan fingerprint density at radius 2 is 2.00 bits per heavy atom. The highest BCUT2D eigenvalue weighted by molar-refractivity contribution is 7.09. The molecule has 0 aliphatic carbocycles. The van der Waals surface area contributed by atoms with E-state index in [9.17, 15) is 4.79 Å². The van der Waals surface area contributed by atoms with Crippen LogP contribution in [0.4, 0.5) is 0 Å². The summed E-state index contributed by atoms with van der Waals surface area (Å²) in [4.78, 5) is 22.7. The van der Waals surface area contributed by atoms with E-state index in [4.69, 9.17) is 4.98 Å². The van der Waals surface area contributed by atoms with E-state index >= 15 is 0 Å². The molecule has 2 aliphatic rings. The van der Waals surface area contributed by atoms with Gasteiger partial charge < -0.3 is 4.90 Å². The van der Waals surface area contributed by atoms with E-state index < -0.39 is 0 Å². The minimum absolute atomic E-state index is 0.129. The van der Waals surface area contributed by atoms with Gasteiger partial charge in [-0.3, -0.25) is 9.69 Å². The molecule has 3 heterocycles. The first kappa shape index (κ1) is 18.6. The topological polar surface area (TPSA) is 36.4 Å². The minimum atomic E-state index is 0.129. The molecule has 144 valence electrons. The number of thiazole rings is 1. The van der Waals surface area contributed by atoms with Crippen LogP contribution in [0, 0.1) is 12.8 Å². The predicted octanol–water partition coefficient (Wildman–Crippen LogP) is 4.42. The van der Waals surface area contributed by atoms with Crippen molar-refractivity contribution in [3.05, 3.63) is 52.0 Å². The number of likely N-dealkylation sites (tertiary alicyclic amines) is 2. The second kappa shape index (κ2) is 8.53. The Kier molecular flexibility index (Phi) is 5.89. The Morgan fingerprint density at radius 1 is 1.15 bits per heavy atom. The molecule has 2 atom stereocenters. The number of aromatic nitrogens is 1. The van der Waals surface area contributed by atoms with Crippen LogP contribution in [0.2, 0.25) is 0 Å². The molecular weight excluding hydrogens is 354 g/mol. The number of amides is 1. The highest BCUT2D eigenvalue weighted by Crippen LogP contribution is 2.35. The predicted molar refractivity (Wildman–Crippen MR) is 110 cm³/mol. The SMILES string of the molecule is Cc1csc([C@H]2CCCCN2C(=O)[C@H]2CCCN(Cc3ccccc3)C2)n1. The number of piperidine rings is 2. The molecular formula is C22H29N3OS. The van der Waals surface area contributed by atoms with Crippen molar-refractivity contribution in [3.63, 3.8) is 0 Å². The van der Waals surface area contributed by atoms with Gasteiger partial charge in [-0.05, 0) is 51.1 Å². The smallest absolute Gasteiger partial charge is 0.227 e. The highest BCUT2D eigenvalue weighted by Gasteiger charge is 2.35. The van der Waals surface area contributed by atoms with Crippen molar-refractivity contribution >= 4 is 17.2 Å². The first-order chi connectivity index (χ1) is 13.2. The monoisotopic (exact) mass is 383 g/mol. The molecule has 2 fully saturated rings. The van der Waals surface area contributed by atoms with Gasteiger partial charge in [-0.25, -0.2) is 4.98 Å². The maximum atomic E-state index is 13.4. The van der Waals surface area contributed by atoms with E-state index in [1.807, 2.05) is 6.92 Å². The number of carbonyl (C=O) groups excluding carboxylic acids is 1. The van der Waals surface area contributed by atoms with Crippen LogP contribution >= 0.6 is 11.3 Å². The quantitative estimate of drug-likeness (QED) is 0.784. The molecule has 4 nitrogen and oxygen atoms in total. The van der Waals surface area contributed by atoms with Gasteiger partial charge >= 0.3 is 0 Å². The third-order valence-electron chi connectivity index (χ3n) is 5.81. The van der Waals surface area contributed by atoms with Crippen molar-refractivity contribution in [2.45, 2.75) is 51.6 Å². The number of hydrogen-bond donors (Lipinski definition) is 0. The Balaban J connectivity index is 1.44. The third kappa shape index (κ3) is 4.41. The average molecular weight is 384 g/mol. The summed E-state index contributed by atoms with van der Waals surface area (Å²) in [5.74, 6) is 0.481. The van der Waals surface area contributed by atoms with E-state index in [0.717, 1.165) is 62.6 Å². The summed E-state index contributed by atoms with van der Waals surface area (Å²) in [5.41, 5.74) is 2.40. The molecule has 1 aromatic heterocycles. The number of carbonyl (C=O) groups is 1. The van der Waals surface area contributed by atoms with Gasteiger partial charge in [0.15, 0.2) is 0 Å². The summed E-state index contributed by atoms with van der Waals surface area (Å²) in [6.07, 6.45) is 5.49. The molecule has 1 amide bonds. The fourth-order valence-corrected chi connectivity index (χ4v) is 5.40. The second-order valence-electron chi connectivity index (χ2n) is 7.93. The summed E-state index contributed by atoms with van der Waals surface area (Å²) in [7, 11) is 0. The number of hydrogen-bond acceptors (Lipinski definition) is 4. The van der Waals surface area contributed by atoms with Gasteiger partial charge in [0.1, 0.15) is 5.01 Å². The maximum Gasteiger partial charge on any atom is 0.227 e. The van der Waals surface area contributed by atoms with Crippen molar-refractivity contribution in [1.29, 1.82) is 0 Å². The van der Waals surface area contributed by atoms with Crippen molar-refractivity contribution in [2.24, 2.45) is 5.92 Å². The molecule has 5 heteroatoms. The molecule has 2 aliphatic heterocycles. The summed E-state index contributed by atoms with van der Waals surface area (Å²) in [6, 6.07) is 10.8.